The van der Waals surface area contributed by atoms with Crippen molar-refractivity contribution < 1.29 is 28.4 Å². The van der Waals surface area contributed by atoms with Crippen LogP contribution in [-0.4, -0.2) is 70.7 Å². The number of Topliss-reactive ketones (excluding diaryl/α,β-unsaturated/α-hetero) is 1. The molecule has 48 heavy (non-hydrogen) atoms. The first-order valence-electron chi connectivity index (χ1n) is 17.2. The third-order valence-corrected chi connectivity index (χ3v) is 11.3. The number of fused-ring (bicyclic) bond motifs is 5. The fraction of sp³-hybridized carbons (Fsp3) is 0.514. The highest BCUT2D eigenvalue weighted by Crippen LogP contribution is 2.53. The number of aromatic nitrogens is 2. The van der Waals surface area contributed by atoms with Gasteiger partial charge >= 0.3 is 13.2 Å². The van der Waals surface area contributed by atoms with Gasteiger partial charge in [-0.2, -0.15) is 0 Å². The first-order valence-corrected chi connectivity index (χ1v) is 17.2. The number of nitrogens with zero attached hydrogens (tertiary/aromatic N) is 2. The second-order valence-corrected chi connectivity index (χ2v) is 15.0. The summed E-state index contributed by atoms with van der Waals surface area (Å²) >= 11 is 0. The van der Waals surface area contributed by atoms with Crippen molar-refractivity contribution in [2.24, 2.45) is 5.92 Å². The minimum absolute atomic E-state index is 0.0904. The number of hydrogen-bond acceptors (Lipinski definition) is 7. The number of carbonyl (C=O) groups is 3. The molecule has 1 saturated carbocycles. The van der Waals surface area contributed by atoms with Crippen LogP contribution in [0.15, 0.2) is 42.6 Å². The van der Waals surface area contributed by atoms with Crippen LogP contribution in [0.2, 0.25) is 0 Å². The monoisotopic (exact) mass is 652 g/mol. The van der Waals surface area contributed by atoms with Gasteiger partial charge < -0.3 is 29.2 Å². The number of carbonyl (C=O) groups excluding carboxylic acids is 3. The molecule has 2 aliphatic carbocycles. The summed E-state index contributed by atoms with van der Waals surface area (Å²) in [7, 11) is 0.788. The number of ether oxygens (including phenoxy) is 1. The average Bonchev–Trinajstić information content (AvgIpc) is 3.88. The number of rotatable bonds is 7. The maximum atomic E-state index is 13.6. The van der Waals surface area contributed by atoms with E-state index in [0.717, 1.165) is 70.5 Å². The molecule has 4 atom stereocenters. The lowest BCUT2D eigenvalue weighted by atomic mass is 9.70. The molecule has 10 nitrogen and oxygen atoms in total. The summed E-state index contributed by atoms with van der Waals surface area (Å²) < 4.78 is 17.6. The van der Waals surface area contributed by atoms with Crippen molar-refractivity contribution in [2.75, 3.05) is 13.7 Å². The maximum Gasteiger partial charge on any atom is 0.495 e. The van der Waals surface area contributed by atoms with Crippen LogP contribution in [0.4, 0.5) is 4.79 Å². The molecule has 2 N–H and O–H groups in total. The van der Waals surface area contributed by atoms with Gasteiger partial charge in [0, 0.05) is 18.4 Å². The Hall–Kier alpha value is -3.96. The molecule has 11 heteroatoms. The Bertz CT molecular complexity index is 1750. The van der Waals surface area contributed by atoms with Crippen molar-refractivity contribution in [3.05, 3.63) is 59.5 Å². The van der Waals surface area contributed by atoms with Gasteiger partial charge in [0.2, 0.25) is 5.91 Å². The van der Waals surface area contributed by atoms with Crippen LogP contribution in [0.1, 0.15) is 102 Å². The molecule has 1 aromatic heterocycles. The van der Waals surface area contributed by atoms with Crippen LogP contribution in [0, 0.1) is 5.92 Å². The lowest BCUT2D eigenvalue weighted by Gasteiger charge is -2.32. The van der Waals surface area contributed by atoms with Gasteiger partial charge in [0.25, 0.3) is 0 Å². The van der Waals surface area contributed by atoms with E-state index in [-0.39, 0.29) is 29.7 Å². The predicted molar refractivity (Wildman–Crippen MR) is 183 cm³/mol. The smallest absolute Gasteiger partial charge is 0.453 e. The van der Waals surface area contributed by atoms with Gasteiger partial charge in [0.1, 0.15) is 17.6 Å². The Kier molecular flexibility index (Phi) is 8.06. The van der Waals surface area contributed by atoms with Crippen LogP contribution in [0.5, 0.6) is 0 Å². The van der Waals surface area contributed by atoms with Crippen molar-refractivity contribution >= 4 is 30.4 Å². The van der Waals surface area contributed by atoms with Crippen molar-refractivity contribution in [2.45, 2.75) is 102 Å². The van der Waals surface area contributed by atoms with Crippen molar-refractivity contribution in [3.8, 4) is 22.4 Å². The largest absolute Gasteiger partial charge is 0.495 e. The lowest BCUT2D eigenvalue weighted by Crippen LogP contribution is -2.51. The van der Waals surface area contributed by atoms with E-state index in [4.69, 9.17) is 19.0 Å². The fourth-order valence-corrected chi connectivity index (χ4v) is 7.95. The van der Waals surface area contributed by atoms with Gasteiger partial charge in [-0.25, -0.2) is 9.78 Å². The number of benzene rings is 2. The molecule has 7 rings (SSSR count). The maximum absolute atomic E-state index is 13.6. The fourth-order valence-electron chi connectivity index (χ4n) is 7.95. The van der Waals surface area contributed by atoms with Crippen LogP contribution in [0.3, 0.4) is 0 Å². The minimum Gasteiger partial charge on any atom is -0.453 e. The first-order chi connectivity index (χ1) is 22.8. The third kappa shape index (κ3) is 5.26. The number of methoxy groups -OCH3 is 1. The van der Waals surface area contributed by atoms with E-state index in [0.29, 0.717) is 12.3 Å². The molecule has 2 unspecified atom stereocenters. The van der Waals surface area contributed by atoms with E-state index in [1.807, 2.05) is 24.9 Å². The number of amides is 2. The first kappa shape index (κ1) is 32.6. The molecule has 2 saturated heterocycles. The van der Waals surface area contributed by atoms with Gasteiger partial charge in [-0.05, 0) is 92.6 Å². The molecule has 3 aromatic rings. The lowest BCUT2D eigenvalue weighted by molar-refractivity contribution is -0.135. The molecule has 252 valence electrons. The summed E-state index contributed by atoms with van der Waals surface area (Å²) in [6.07, 6.45) is 4.58. The Morgan fingerprint density at radius 3 is 2.27 bits per heavy atom. The van der Waals surface area contributed by atoms with E-state index in [9.17, 15) is 14.4 Å². The quantitative estimate of drug-likeness (QED) is 0.317. The van der Waals surface area contributed by atoms with E-state index in [1.165, 1.54) is 7.11 Å². The van der Waals surface area contributed by atoms with Gasteiger partial charge in [-0.1, -0.05) is 50.2 Å². The Morgan fingerprint density at radius 2 is 1.62 bits per heavy atom. The van der Waals surface area contributed by atoms with Crippen molar-refractivity contribution in [3.63, 3.8) is 0 Å². The second kappa shape index (κ2) is 11.9. The molecule has 0 radical (unpaired) electrons. The average molecular weight is 653 g/mol. The van der Waals surface area contributed by atoms with Gasteiger partial charge in [0.05, 0.1) is 36.2 Å². The van der Waals surface area contributed by atoms with Gasteiger partial charge in [-0.3, -0.25) is 9.59 Å². The molecule has 0 spiro atoms. The number of aromatic amines is 1. The highest BCUT2D eigenvalue weighted by atomic mass is 16.7. The number of nitrogens with one attached hydrogen (secondary N) is 2. The normalized spacial score (nSPS) is 24.3. The third-order valence-electron chi connectivity index (χ3n) is 11.3. The molecular weight excluding hydrogens is 607 g/mol. The number of hydrogen-bond donors (Lipinski definition) is 2. The number of H-pyrrole nitrogens is 1. The number of ketones is 1. The van der Waals surface area contributed by atoms with Crippen LogP contribution >= 0.6 is 0 Å². The van der Waals surface area contributed by atoms with Crippen molar-refractivity contribution in [1.82, 2.24) is 20.2 Å². The summed E-state index contributed by atoms with van der Waals surface area (Å²) in [6.45, 7) is 12.6. The van der Waals surface area contributed by atoms with Gasteiger partial charge in [0.15, 0.2) is 0 Å². The summed E-state index contributed by atoms with van der Waals surface area (Å²) in [5, 5.41) is 2.70. The molecule has 2 aliphatic heterocycles. The molecule has 2 aromatic carbocycles. The molecule has 3 fully saturated rings. The van der Waals surface area contributed by atoms with Gasteiger partial charge in [-0.15, -0.1) is 0 Å². The number of alkyl carbamates (subject to hydrolysis) is 1. The van der Waals surface area contributed by atoms with E-state index in [2.05, 4.69) is 74.4 Å². The Morgan fingerprint density at radius 1 is 0.979 bits per heavy atom. The Balaban J connectivity index is 1.14. The van der Waals surface area contributed by atoms with E-state index in [1.54, 1.807) is 0 Å². The second-order valence-electron chi connectivity index (χ2n) is 15.0. The summed E-state index contributed by atoms with van der Waals surface area (Å²) in [6, 6.07) is 11.7. The highest BCUT2D eigenvalue weighted by Gasteiger charge is 2.55. The zero-order valence-corrected chi connectivity index (χ0v) is 28.9. The summed E-state index contributed by atoms with van der Waals surface area (Å²) in [4.78, 5) is 48.9. The summed E-state index contributed by atoms with van der Waals surface area (Å²) in [5.41, 5.74) is 6.27. The number of imidazole rings is 1. The molecule has 2 bridgehead atoms. The zero-order valence-electron chi connectivity index (χ0n) is 28.9. The topological polar surface area (TPSA) is 123 Å². The van der Waals surface area contributed by atoms with Crippen LogP contribution in [-0.2, 0) is 23.6 Å². The molecule has 2 amide bonds. The highest BCUT2D eigenvalue weighted by molar-refractivity contribution is 6.63. The molecule has 4 aliphatic rings. The molecular formula is C37H45BN4O6. The predicted octanol–water partition coefficient (Wildman–Crippen LogP) is 5.63. The molecule has 3 heterocycles. The minimum atomic E-state index is -0.682. The van der Waals surface area contributed by atoms with Crippen LogP contribution < -0.4 is 10.8 Å². The Labute approximate surface area is 282 Å². The zero-order chi connectivity index (χ0) is 34.1. The van der Waals surface area contributed by atoms with Crippen molar-refractivity contribution in [1.29, 1.82) is 0 Å². The SMILES string of the molecule is COC(=O)N[C@H](C(=O)N1CCC[C@H]1c1ncc(-c2ccc(-c3ccc(B4OC(C)(C)C(C)(C)O4)c4c3C3CCC4C3=O)cc2)[nH]1)C(C)C. The number of likely N-dealkylation sites (tertiary alicyclic amines) is 1. The van der Waals surface area contributed by atoms with Crippen LogP contribution in [0.25, 0.3) is 22.4 Å². The van der Waals surface area contributed by atoms with E-state index >= 15 is 0 Å². The standard InChI is InChI=1S/C37H45BN4O6/c1-20(2)31(41-35(45)46-7)34(44)42-18-8-9-28(42)33-39-19-27(40-33)22-12-10-21(11-13-22)23-16-17-26(38-47-36(3,4)37(5,6)48-38)30-25-15-14-24(29(23)30)32(25)43/h10-13,16-17,19-20,24-25,28,31H,8-9,14-15,18H2,1-7H3,(H,39,40)(H,41,45)/t24?,25?,28-,31-/m0/s1. The summed E-state index contributed by atoms with van der Waals surface area (Å²) in [5.74, 6) is 0.619. The van der Waals surface area contributed by atoms with E-state index < -0.39 is 30.5 Å².